The fourth-order valence-corrected chi connectivity index (χ4v) is 4.55. The van der Waals surface area contributed by atoms with Crippen molar-refractivity contribution in [2.75, 3.05) is 10.0 Å². The van der Waals surface area contributed by atoms with Gasteiger partial charge in [-0.25, -0.2) is 28.1 Å². The molecule has 0 saturated carbocycles. The first-order valence-electron chi connectivity index (χ1n) is 10.0. The maximum Gasteiger partial charge on any atom is 0.264 e. The second kappa shape index (κ2) is 8.24. The summed E-state index contributed by atoms with van der Waals surface area (Å²) in [5.74, 6) is 0.0335. The van der Waals surface area contributed by atoms with Crippen LogP contribution in [-0.4, -0.2) is 23.4 Å². The number of para-hydroxylation sites is 2. The molecule has 0 bridgehead atoms. The summed E-state index contributed by atoms with van der Waals surface area (Å²) < 4.78 is 27.5. The highest BCUT2D eigenvalue weighted by Gasteiger charge is 2.15. The summed E-state index contributed by atoms with van der Waals surface area (Å²) in [6.07, 6.45) is 2.95. The maximum absolute atomic E-state index is 12.6. The Balaban J connectivity index is 1.39. The molecule has 0 amide bonds. The molecule has 32 heavy (non-hydrogen) atoms. The van der Waals surface area contributed by atoms with E-state index in [0.717, 1.165) is 33.1 Å². The molecule has 0 spiro atoms. The van der Waals surface area contributed by atoms with Crippen molar-refractivity contribution < 1.29 is 8.42 Å². The van der Waals surface area contributed by atoms with Gasteiger partial charge in [-0.05, 0) is 48.0 Å². The molecule has 0 aliphatic heterocycles. The van der Waals surface area contributed by atoms with Crippen LogP contribution in [0.5, 0.6) is 0 Å². The SMILES string of the molecule is O=S(=O)(Nc1ncccn1)c1ccc(NCc2c3ccccc3nc3ccccc23)cc1. The third kappa shape index (κ3) is 3.95. The van der Waals surface area contributed by atoms with E-state index < -0.39 is 10.0 Å². The van der Waals surface area contributed by atoms with Gasteiger partial charge in [0.1, 0.15) is 0 Å². The van der Waals surface area contributed by atoms with Crippen LogP contribution in [0.2, 0.25) is 0 Å². The summed E-state index contributed by atoms with van der Waals surface area (Å²) in [7, 11) is -3.77. The summed E-state index contributed by atoms with van der Waals surface area (Å²) in [5.41, 5.74) is 3.84. The number of nitrogens with one attached hydrogen (secondary N) is 2. The van der Waals surface area contributed by atoms with Crippen LogP contribution in [0.4, 0.5) is 11.6 Å². The van der Waals surface area contributed by atoms with E-state index in [1.54, 1.807) is 30.3 Å². The Morgan fingerprint density at radius 2 is 1.31 bits per heavy atom. The molecule has 2 N–H and O–H groups in total. The minimum Gasteiger partial charge on any atom is -0.381 e. The van der Waals surface area contributed by atoms with Crippen LogP contribution in [0, 0.1) is 0 Å². The Kier molecular flexibility index (Phi) is 5.12. The Hall–Kier alpha value is -4.04. The molecule has 2 heterocycles. The molecular formula is C24H19N5O2S. The number of benzene rings is 3. The molecule has 5 aromatic rings. The van der Waals surface area contributed by atoms with Crippen molar-refractivity contribution >= 4 is 43.5 Å². The number of sulfonamides is 1. The maximum atomic E-state index is 12.6. The van der Waals surface area contributed by atoms with Crippen LogP contribution in [0.15, 0.2) is 96.2 Å². The van der Waals surface area contributed by atoms with Gasteiger partial charge >= 0.3 is 0 Å². The summed E-state index contributed by atoms with van der Waals surface area (Å²) in [5, 5.41) is 5.58. The minimum atomic E-state index is -3.77. The number of hydrogen-bond acceptors (Lipinski definition) is 6. The zero-order valence-corrected chi connectivity index (χ0v) is 17.8. The zero-order valence-electron chi connectivity index (χ0n) is 16.9. The van der Waals surface area contributed by atoms with E-state index in [2.05, 4.69) is 32.1 Å². The van der Waals surface area contributed by atoms with E-state index >= 15 is 0 Å². The number of nitrogens with zero attached hydrogens (tertiary/aromatic N) is 3. The first kappa shape index (κ1) is 19.9. The molecule has 0 aliphatic rings. The van der Waals surface area contributed by atoms with E-state index in [4.69, 9.17) is 4.98 Å². The highest BCUT2D eigenvalue weighted by Crippen LogP contribution is 2.27. The van der Waals surface area contributed by atoms with Crippen LogP contribution < -0.4 is 10.0 Å². The molecular weight excluding hydrogens is 422 g/mol. The van der Waals surface area contributed by atoms with Crippen LogP contribution in [0.3, 0.4) is 0 Å². The Bertz CT molecular complexity index is 1450. The fraction of sp³-hybridized carbons (Fsp3) is 0.0417. The average Bonchev–Trinajstić information content (AvgIpc) is 2.82. The highest BCUT2D eigenvalue weighted by atomic mass is 32.2. The standard InChI is InChI=1S/C24H19N5O2S/c30-32(31,29-24-25-14-5-15-26-24)18-12-10-17(11-13-18)27-16-21-19-6-1-3-8-22(19)28-23-9-4-2-7-20(21)23/h1-15,27H,16H2,(H,25,26,29). The van der Waals surface area contributed by atoms with Gasteiger partial charge in [0.05, 0.1) is 15.9 Å². The van der Waals surface area contributed by atoms with E-state index in [-0.39, 0.29) is 10.8 Å². The van der Waals surface area contributed by atoms with Crippen molar-refractivity contribution in [3.63, 3.8) is 0 Å². The van der Waals surface area contributed by atoms with Gasteiger partial charge in [0.25, 0.3) is 10.0 Å². The molecule has 0 atom stereocenters. The van der Waals surface area contributed by atoms with Gasteiger partial charge in [-0.3, -0.25) is 0 Å². The number of anilines is 2. The van der Waals surface area contributed by atoms with Crippen molar-refractivity contribution in [1.29, 1.82) is 0 Å². The lowest BCUT2D eigenvalue weighted by Crippen LogP contribution is -2.14. The number of rotatable bonds is 6. The lowest BCUT2D eigenvalue weighted by atomic mass is 10.0. The lowest BCUT2D eigenvalue weighted by molar-refractivity contribution is 0.601. The molecule has 2 aromatic heterocycles. The van der Waals surface area contributed by atoms with E-state index in [0.29, 0.717) is 6.54 Å². The zero-order chi connectivity index (χ0) is 22.0. The van der Waals surface area contributed by atoms with Gasteiger partial charge < -0.3 is 5.32 Å². The molecule has 0 radical (unpaired) electrons. The van der Waals surface area contributed by atoms with E-state index in [1.807, 2.05) is 36.4 Å². The number of aromatic nitrogens is 3. The van der Waals surface area contributed by atoms with Gasteiger partial charge in [0, 0.05) is 35.4 Å². The molecule has 8 heteroatoms. The number of fused-ring (bicyclic) bond motifs is 2. The third-order valence-electron chi connectivity index (χ3n) is 5.12. The average molecular weight is 442 g/mol. The molecule has 158 valence electrons. The summed E-state index contributed by atoms with van der Waals surface area (Å²) >= 11 is 0. The predicted octanol–water partition coefficient (Wildman–Crippen LogP) is 4.59. The van der Waals surface area contributed by atoms with Crippen molar-refractivity contribution in [3.05, 3.63) is 96.8 Å². The monoisotopic (exact) mass is 441 g/mol. The number of hydrogen-bond donors (Lipinski definition) is 2. The molecule has 0 fully saturated rings. The minimum absolute atomic E-state index is 0.0335. The van der Waals surface area contributed by atoms with Crippen LogP contribution in [-0.2, 0) is 16.6 Å². The smallest absolute Gasteiger partial charge is 0.264 e. The van der Waals surface area contributed by atoms with Crippen LogP contribution in [0.25, 0.3) is 21.8 Å². The highest BCUT2D eigenvalue weighted by molar-refractivity contribution is 7.92. The Morgan fingerprint density at radius 1 is 0.719 bits per heavy atom. The van der Waals surface area contributed by atoms with Gasteiger partial charge in [-0.15, -0.1) is 0 Å². The second-order valence-electron chi connectivity index (χ2n) is 7.18. The van der Waals surface area contributed by atoms with Crippen molar-refractivity contribution in [1.82, 2.24) is 15.0 Å². The summed E-state index contributed by atoms with van der Waals surface area (Å²) in [6.45, 7) is 0.575. The predicted molar refractivity (Wildman–Crippen MR) is 126 cm³/mol. The normalized spacial score (nSPS) is 11.5. The molecule has 7 nitrogen and oxygen atoms in total. The summed E-state index contributed by atoms with van der Waals surface area (Å²) in [4.78, 5) is 12.7. The van der Waals surface area contributed by atoms with Crippen molar-refractivity contribution in [2.45, 2.75) is 11.4 Å². The van der Waals surface area contributed by atoms with Crippen molar-refractivity contribution in [3.8, 4) is 0 Å². The third-order valence-corrected chi connectivity index (χ3v) is 6.47. The fourth-order valence-electron chi connectivity index (χ4n) is 3.59. The molecule has 5 rings (SSSR count). The topological polar surface area (TPSA) is 96.9 Å². The Labute approximate surface area is 185 Å². The Morgan fingerprint density at radius 3 is 1.94 bits per heavy atom. The van der Waals surface area contributed by atoms with E-state index in [1.165, 1.54) is 12.4 Å². The van der Waals surface area contributed by atoms with Crippen LogP contribution in [0.1, 0.15) is 5.56 Å². The first-order chi connectivity index (χ1) is 15.6. The quantitative estimate of drug-likeness (QED) is 0.374. The summed E-state index contributed by atoms with van der Waals surface area (Å²) in [6, 6.07) is 24.3. The molecule has 3 aromatic carbocycles. The second-order valence-corrected chi connectivity index (χ2v) is 8.86. The van der Waals surface area contributed by atoms with Crippen LogP contribution >= 0.6 is 0 Å². The van der Waals surface area contributed by atoms with Gasteiger partial charge in [0.15, 0.2) is 0 Å². The molecule has 0 unspecified atom stereocenters. The van der Waals surface area contributed by atoms with Gasteiger partial charge in [-0.1, -0.05) is 36.4 Å². The first-order valence-corrected chi connectivity index (χ1v) is 11.5. The molecule has 0 saturated heterocycles. The van der Waals surface area contributed by atoms with Gasteiger partial charge in [-0.2, -0.15) is 0 Å². The number of pyridine rings is 1. The van der Waals surface area contributed by atoms with E-state index in [9.17, 15) is 8.42 Å². The molecule has 0 aliphatic carbocycles. The van der Waals surface area contributed by atoms with Gasteiger partial charge in [0.2, 0.25) is 5.95 Å². The largest absolute Gasteiger partial charge is 0.381 e. The van der Waals surface area contributed by atoms with Crippen molar-refractivity contribution in [2.24, 2.45) is 0 Å². The lowest BCUT2D eigenvalue weighted by Gasteiger charge is -2.13.